The number of halogens is 2. The zero-order valence-electron chi connectivity index (χ0n) is 13.0. The van der Waals surface area contributed by atoms with E-state index in [9.17, 15) is 13.6 Å². The smallest absolute Gasteiger partial charge is 0.313 e. The summed E-state index contributed by atoms with van der Waals surface area (Å²) in [6, 6.07) is 3.25. The van der Waals surface area contributed by atoms with E-state index < -0.39 is 23.2 Å². The van der Waals surface area contributed by atoms with E-state index in [-0.39, 0.29) is 10.8 Å². The van der Waals surface area contributed by atoms with Gasteiger partial charge in [-0.05, 0) is 42.7 Å². The molecule has 0 aliphatic heterocycles. The van der Waals surface area contributed by atoms with Gasteiger partial charge in [0.15, 0.2) is 0 Å². The maximum atomic E-state index is 13.6. The van der Waals surface area contributed by atoms with E-state index in [1.165, 1.54) is 6.07 Å². The molecule has 3 rings (SSSR count). The van der Waals surface area contributed by atoms with Gasteiger partial charge in [0, 0.05) is 5.41 Å². The summed E-state index contributed by atoms with van der Waals surface area (Å²) >= 11 is 0. The summed E-state index contributed by atoms with van der Waals surface area (Å²) in [5.41, 5.74) is 0.103. The van der Waals surface area contributed by atoms with Gasteiger partial charge in [0.05, 0.1) is 5.71 Å². The standard InChI is InChI=1S/C17H19F2NO2/c1-16(2)10-7-8-17(16,3)13(9-10)20-22-15(21)14-11(18)5-4-6-12(14)19/h4-6,10H,7-9H2,1-3H3/b20-13-/t10-,17+/m0/s1. The predicted molar refractivity (Wildman–Crippen MR) is 78.4 cm³/mol. The Morgan fingerprint density at radius 2 is 1.91 bits per heavy atom. The van der Waals surface area contributed by atoms with Crippen LogP contribution >= 0.6 is 0 Å². The van der Waals surface area contributed by atoms with Crippen LogP contribution in [0.2, 0.25) is 0 Å². The Morgan fingerprint density at radius 3 is 2.41 bits per heavy atom. The molecule has 0 spiro atoms. The first kappa shape index (κ1) is 15.1. The number of fused-ring (bicyclic) bond motifs is 2. The fourth-order valence-corrected chi connectivity index (χ4v) is 3.90. The van der Waals surface area contributed by atoms with Crippen LogP contribution in [0.15, 0.2) is 23.4 Å². The van der Waals surface area contributed by atoms with Crippen LogP contribution in [0.25, 0.3) is 0 Å². The van der Waals surface area contributed by atoms with E-state index in [1.807, 2.05) is 0 Å². The van der Waals surface area contributed by atoms with Crippen LogP contribution in [-0.4, -0.2) is 11.7 Å². The van der Waals surface area contributed by atoms with Crippen molar-refractivity contribution in [3.05, 3.63) is 35.4 Å². The fraction of sp³-hybridized carbons (Fsp3) is 0.529. The molecule has 2 bridgehead atoms. The number of oxime groups is 1. The van der Waals surface area contributed by atoms with Crippen LogP contribution in [-0.2, 0) is 4.84 Å². The quantitative estimate of drug-likeness (QED) is 0.603. The van der Waals surface area contributed by atoms with E-state index in [0.717, 1.165) is 37.1 Å². The van der Waals surface area contributed by atoms with Gasteiger partial charge in [-0.1, -0.05) is 32.0 Å². The number of nitrogens with zero attached hydrogens (tertiary/aromatic N) is 1. The van der Waals surface area contributed by atoms with Crippen molar-refractivity contribution in [1.29, 1.82) is 0 Å². The molecule has 0 radical (unpaired) electrons. The van der Waals surface area contributed by atoms with Crippen LogP contribution in [0, 0.1) is 28.4 Å². The van der Waals surface area contributed by atoms with Crippen molar-refractivity contribution in [2.45, 2.75) is 40.0 Å². The lowest BCUT2D eigenvalue weighted by Crippen LogP contribution is -2.32. The number of rotatable bonds is 2. The number of benzene rings is 1. The van der Waals surface area contributed by atoms with Crippen LogP contribution in [0.5, 0.6) is 0 Å². The summed E-state index contributed by atoms with van der Waals surface area (Å²) in [4.78, 5) is 16.8. The van der Waals surface area contributed by atoms with E-state index in [2.05, 4.69) is 25.9 Å². The highest BCUT2D eigenvalue weighted by Gasteiger charge is 2.60. The molecule has 0 saturated heterocycles. The van der Waals surface area contributed by atoms with Gasteiger partial charge in [0.1, 0.15) is 17.2 Å². The highest BCUT2D eigenvalue weighted by molar-refractivity contribution is 5.95. The Labute approximate surface area is 128 Å². The van der Waals surface area contributed by atoms with Crippen molar-refractivity contribution < 1.29 is 18.4 Å². The lowest BCUT2D eigenvalue weighted by molar-refractivity contribution is 0.0497. The van der Waals surface area contributed by atoms with Gasteiger partial charge < -0.3 is 4.84 Å². The minimum Gasteiger partial charge on any atom is -0.313 e. The van der Waals surface area contributed by atoms with Crippen LogP contribution in [0.1, 0.15) is 50.4 Å². The normalized spacial score (nSPS) is 30.8. The molecule has 118 valence electrons. The highest BCUT2D eigenvalue weighted by Crippen LogP contribution is 2.63. The maximum Gasteiger partial charge on any atom is 0.371 e. The molecular weight excluding hydrogens is 288 g/mol. The Balaban J connectivity index is 1.83. The fourth-order valence-electron chi connectivity index (χ4n) is 3.90. The molecular formula is C17H19F2NO2. The molecule has 3 nitrogen and oxygen atoms in total. The van der Waals surface area contributed by atoms with E-state index >= 15 is 0 Å². The van der Waals surface area contributed by atoms with E-state index in [0.29, 0.717) is 5.92 Å². The molecule has 0 unspecified atom stereocenters. The molecule has 5 heteroatoms. The van der Waals surface area contributed by atoms with Gasteiger partial charge >= 0.3 is 5.97 Å². The Bertz CT molecular complexity index is 648. The first-order valence-corrected chi connectivity index (χ1v) is 7.50. The van der Waals surface area contributed by atoms with Crippen molar-refractivity contribution in [2.24, 2.45) is 21.9 Å². The Kier molecular flexibility index (Phi) is 3.34. The highest BCUT2D eigenvalue weighted by atomic mass is 19.1. The summed E-state index contributed by atoms with van der Waals surface area (Å²) in [6.07, 6.45) is 2.91. The minimum atomic E-state index is -1.09. The number of carbonyl (C=O) groups is 1. The Morgan fingerprint density at radius 1 is 1.27 bits per heavy atom. The third-order valence-electron chi connectivity index (χ3n) is 5.92. The first-order valence-electron chi connectivity index (χ1n) is 7.50. The van der Waals surface area contributed by atoms with E-state index in [4.69, 9.17) is 4.84 Å². The number of hydrogen-bond donors (Lipinski definition) is 0. The lowest BCUT2D eigenvalue weighted by Gasteiger charge is -2.34. The third kappa shape index (κ3) is 1.98. The van der Waals surface area contributed by atoms with Gasteiger partial charge in [-0.2, -0.15) is 0 Å². The minimum absolute atomic E-state index is 0.0987. The molecule has 0 aromatic heterocycles. The van der Waals surface area contributed by atoms with Crippen molar-refractivity contribution in [2.75, 3.05) is 0 Å². The molecule has 2 aliphatic carbocycles. The molecule has 1 aromatic rings. The second kappa shape index (κ2) is 4.86. The van der Waals surface area contributed by atoms with Crippen molar-refractivity contribution in [3.63, 3.8) is 0 Å². The molecule has 1 aromatic carbocycles. The number of hydrogen-bond acceptors (Lipinski definition) is 3. The monoisotopic (exact) mass is 307 g/mol. The van der Waals surface area contributed by atoms with Crippen LogP contribution in [0.4, 0.5) is 8.78 Å². The zero-order chi connectivity index (χ0) is 16.1. The van der Waals surface area contributed by atoms with Gasteiger partial charge in [-0.25, -0.2) is 13.6 Å². The van der Waals surface area contributed by atoms with Crippen LogP contribution in [0.3, 0.4) is 0 Å². The van der Waals surface area contributed by atoms with Crippen molar-refractivity contribution in [3.8, 4) is 0 Å². The summed E-state index contributed by atoms with van der Waals surface area (Å²) in [5, 5.41) is 3.97. The van der Waals surface area contributed by atoms with Crippen LogP contribution < -0.4 is 0 Å². The average Bonchev–Trinajstić information content (AvgIpc) is 2.77. The molecule has 2 aliphatic rings. The second-order valence-electron chi connectivity index (χ2n) is 7.01. The van der Waals surface area contributed by atoms with Gasteiger partial charge in [-0.15, -0.1) is 0 Å². The number of carbonyl (C=O) groups excluding carboxylic acids is 1. The summed E-state index contributed by atoms with van der Waals surface area (Å²) in [7, 11) is 0. The summed E-state index contributed by atoms with van der Waals surface area (Å²) in [6.45, 7) is 6.52. The third-order valence-corrected chi connectivity index (χ3v) is 5.92. The lowest BCUT2D eigenvalue weighted by atomic mass is 9.70. The molecule has 0 N–H and O–H groups in total. The van der Waals surface area contributed by atoms with Gasteiger partial charge in [-0.3, -0.25) is 0 Å². The maximum absolute atomic E-state index is 13.6. The topological polar surface area (TPSA) is 38.7 Å². The van der Waals surface area contributed by atoms with Gasteiger partial charge in [0.25, 0.3) is 0 Å². The zero-order valence-corrected chi connectivity index (χ0v) is 13.0. The van der Waals surface area contributed by atoms with Crippen molar-refractivity contribution in [1.82, 2.24) is 0 Å². The molecule has 0 heterocycles. The molecule has 2 fully saturated rings. The largest absolute Gasteiger partial charge is 0.371 e. The molecule has 22 heavy (non-hydrogen) atoms. The second-order valence-corrected chi connectivity index (χ2v) is 7.01. The van der Waals surface area contributed by atoms with Gasteiger partial charge in [0.2, 0.25) is 0 Å². The average molecular weight is 307 g/mol. The molecule has 2 saturated carbocycles. The van der Waals surface area contributed by atoms with E-state index in [1.54, 1.807) is 0 Å². The molecule has 2 atom stereocenters. The summed E-state index contributed by atoms with van der Waals surface area (Å²) in [5.74, 6) is -2.46. The predicted octanol–water partition coefficient (Wildman–Crippen LogP) is 4.32. The SMILES string of the molecule is CC1(C)[C@H]2CC[C@]1(C)/C(=N\OC(=O)c1c(F)cccc1F)C2. The Hall–Kier alpha value is -1.78. The first-order chi connectivity index (χ1) is 10.3. The molecule has 0 amide bonds. The summed E-state index contributed by atoms with van der Waals surface area (Å²) < 4.78 is 27.1. The van der Waals surface area contributed by atoms with Crippen molar-refractivity contribution >= 4 is 11.7 Å².